The van der Waals surface area contributed by atoms with E-state index in [-0.39, 0.29) is 32.1 Å². The monoisotopic (exact) mass is 1050 g/mol. The Balaban J connectivity index is 1.30. The van der Waals surface area contributed by atoms with E-state index in [1.54, 1.807) is 32.4 Å². The minimum Gasteiger partial charge on any atom is -0.481 e. The fourth-order valence-corrected chi connectivity index (χ4v) is 9.13. The predicted octanol–water partition coefficient (Wildman–Crippen LogP) is 1.87. The number of rotatable bonds is 30. The van der Waals surface area contributed by atoms with Gasteiger partial charge in [0.1, 0.15) is 36.3 Å². The van der Waals surface area contributed by atoms with Gasteiger partial charge < -0.3 is 74.3 Å². The van der Waals surface area contributed by atoms with E-state index >= 15 is 0 Å². The second-order valence-corrected chi connectivity index (χ2v) is 19.3. The predicted molar refractivity (Wildman–Crippen MR) is 286 cm³/mol. The van der Waals surface area contributed by atoms with Gasteiger partial charge in [0.25, 0.3) is 0 Å². The highest BCUT2D eigenvalue weighted by atomic mass is 16.4. The van der Waals surface area contributed by atoms with Crippen molar-refractivity contribution in [1.29, 1.82) is 0 Å². The molecular weight excluding hydrogens is 977 g/mol. The number of nitrogens with one attached hydrogen (secondary N) is 9. The van der Waals surface area contributed by atoms with Crippen LogP contribution in [0.4, 0.5) is 0 Å². The lowest BCUT2D eigenvalue weighted by Gasteiger charge is -2.29. The highest BCUT2D eigenvalue weighted by molar-refractivity contribution is 5.99. The number of carboxylic acids is 2. The molecule has 6 aromatic rings. The first-order chi connectivity index (χ1) is 36.5. The molecule has 406 valence electrons. The minimum atomic E-state index is -1.47. The first-order valence-electron chi connectivity index (χ1n) is 25.5. The fourth-order valence-electron chi connectivity index (χ4n) is 9.13. The van der Waals surface area contributed by atoms with Crippen molar-refractivity contribution in [2.45, 2.75) is 120 Å². The quantitative estimate of drug-likeness (QED) is 0.0287. The molecule has 0 saturated carbocycles. The number of carbonyl (C=O) groups is 8. The molecule has 0 unspecified atom stereocenters. The third-order valence-corrected chi connectivity index (χ3v) is 13.3. The highest BCUT2D eigenvalue weighted by Gasteiger charge is 2.36. The summed E-state index contributed by atoms with van der Waals surface area (Å²) in [4.78, 5) is 119. The van der Waals surface area contributed by atoms with Crippen molar-refractivity contribution in [2.75, 3.05) is 13.1 Å². The number of para-hydroxylation sites is 3. The summed E-state index contributed by atoms with van der Waals surface area (Å²) in [5, 5.41) is 38.1. The van der Waals surface area contributed by atoms with Gasteiger partial charge in [-0.1, -0.05) is 68.4 Å². The third kappa shape index (κ3) is 15.5. The summed E-state index contributed by atoms with van der Waals surface area (Å²) in [5.41, 5.74) is 21.5. The van der Waals surface area contributed by atoms with Crippen LogP contribution in [0.1, 0.15) is 75.5 Å². The van der Waals surface area contributed by atoms with Gasteiger partial charge in [-0.05, 0) is 92.4 Å². The van der Waals surface area contributed by atoms with Crippen molar-refractivity contribution in [3.05, 3.63) is 108 Å². The largest absolute Gasteiger partial charge is 0.481 e. The van der Waals surface area contributed by atoms with Crippen LogP contribution >= 0.6 is 0 Å². The summed E-state index contributed by atoms with van der Waals surface area (Å²) in [7, 11) is 0. The van der Waals surface area contributed by atoms with E-state index in [4.69, 9.17) is 17.2 Å². The van der Waals surface area contributed by atoms with E-state index in [9.17, 15) is 48.6 Å². The Morgan fingerprint density at radius 3 is 1.22 bits per heavy atom. The van der Waals surface area contributed by atoms with Gasteiger partial charge in [-0.25, -0.2) is 4.79 Å². The molecular formula is C54H70N12O10. The van der Waals surface area contributed by atoms with Crippen LogP contribution in [0.5, 0.6) is 0 Å². The standard InChI is InChI=1S/C54H70N12O10/c1-30(2)47(66-52(73)45(25-33-29-60-40-18-8-5-15-36(33)40)63-49(70)41(19-9-11-21-55)61-48(69)37(57)26-46(67)68)53(74)65-44(24-32-28-59-39-17-7-4-14-35(32)39)51(72)64-43(23-31-27-58-38-16-6-3-13-34(31)38)50(71)62-42(54(75)76)20-10-12-22-56/h3-8,13-18,27-30,37,41-45,47,58-60H,9-12,19-26,55-57H2,1-2H3,(H,61,69)(H,62,71)(H,63,70)(H,64,72)(H,65,74)(H,66,73)(H,67,68)(H,75,76)/t37-,41-,42-,43+,44+,45+,47-/m0/s1. The molecule has 0 bridgehead atoms. The van der Waals surface area contributed by atoms with Gasteiger partial charge in [0, 0.05) is 70.6 Å². The number of aromatic amines is 3. The first kappa shape index (κ1) is 57.2. The summed E-state index contributed by atoms with van der Waals surface area (Å²) < 4.78 is 0. The Morgan fingerprint density at radius 1 is 0.474 bits per heavy atom. The molecule has 3 heterocycles. The molecule has 0 spiro atoms. The molecule has 0 aliphatic rings. The smallest absolute Gasteiger partial charge is 0.326 e. The number of fused-ring (bicyclic) bond motifs is 3. The van der Waals surface area contributed by atoms with Gasteiger partial charge in [0.15, 0.2) is 0 Å². The van der Waals surface area contributed by atoms with Crippen LogP contribution in [0.3, 0.4) is 0 Å². The lowest BCUT2D eigenvalue weighted by molar-refractivity contribution is -0.142. The van der Waals surface area contributed by atoms with Gasteiger partial charge in [-0.2, -0.15) is 0 Å². The second-order valence-electron chi connectivity index (χ2n) is 19.3. The Kier molecular flexibility index (Phi) is 20.7. The molecule has 0 aliphatic carbocycles. The van der Waals surface area contributed by atoms with Crippen molar-refractivity contribution < 1.29 is 48.6 Å². The number of amides is 6. The van der Waals surface area contributed by atoms with Crippen molar-refractivity contribution in [3.63, 3.8) is 0 Å². The summed E-state index contributed by atoms with van der Waals surface area (Å²) >= 11 is 0. The molecule has 0 saturated heterocycles. The Labute approximate surface area is 438 Å². The van der Waals surface area contributed by atoms with E-state index in [2.05, 4.69) is 46.9 Å². The van der Waals surface area contributed by atoms with Crippen molar-refractivity contribution in [2.24, 2.45) is 23.1 Å². The van der Waals surface area contributed by atoms with Gasteiger partial charge in [0.2, 0.25) is 35.4 Å². The topological polar surface area (TPSA) is 375 Å². The van der Waals surface area contributed by atoms with Crippen molar-refractivity contribution in [1.82, 2.24) is 46.9 Å². The zero-order valence-electron chi connectivity index (χ0n) is 42.7. The van der Waals surface area contributed by atoms with Gasteiger partial charge >= 0.3 is 11.9 Å². The van der Waals surface area contributed by atoms with Crippen LogP contribution < -0.4 is 49.1 Å². The molecule has 3 aromatic heterocycles. The van der Waals surface area contributed by atoms with Gasteiger partial charge in [0.05, 0.1) is 12.5 Å². The zero-order valence-corrected chi connectivity index (χ0v) is 42.7. The number of aliphatic carboxylic acids is 2. The number of aromatic nitrogens is 3. The molecule has 6 amide bonds. The molecule has 3 aromatic carbocycles. The van der Waals surface area contributed by atoms with Gasteiger partial charge in [-0.3, -0.25) is 33.6 Å². The van der Waals surface area contributed by atoms with Crippen molar-refractivity contribution >= 4 is 80.1 Å². The van der Waals surface area contributed by atoms with Crippen LogP contribution in [0.2, 0.25) is 0 Å². The normalized spacial score (nSPS) is 14.2. The average molecular weight is 1050 g/mol. The maximum atomic E-state index is 14.9. The summed E-state index contributed by atoms with van der Waals surface area (Å²) in [6.07, 6.45) is 6.17. The summed E-state index contributed by atoms with van der Waals surface area (Å²) in [6, 6.07) is 12.6. The molecule has 6 rings (SSSR count). The molecule has 7 atom stereocenters. The SMILES string of the molecule is CC(C)[C@H](NC(=O)[C@@H](Cc1c[nH]c2ccccc12)NC(=O)[C@H](CCCCN)NC(=O)[C@@H](N)CC(=O)O)C(=O)N[C@H](Cc1c[nH]c2ccccc12)C(=O)N[C@H](Cc1c[nH]c2ccccc12)C(=O)N[C@@H](CCCCN)C(=O)O. The molecule has 22 nitrogen and oxygen atoms in total. The molecule has 17 N–H and O–H groups in total. The van der Waals surface area contributed by atoms with E-state index in [1.165, 1.54) is 0 Å². The van der Waals surface area contributed by atoms with E-state index < -0.39 is 102 Å². The minimum absolute atomic E-state index is 0.0641. The Hall–Kier alpha value is -8.08. The summed E-state index contributed by atoms with van der Waals surface area (Å²) in [6.45, 7) is 3.99. The molecule has 76 heavy (non-hydrogen) atoms. The molecule has 22 heteroatoms. The second kappa shape index (κ2) is 27.5. The van der Waals surface area contributed by atoms with Crippen LogP contribution in [0, 0.1) is 5.92 Å². The highest BCUT2D eigenvalue weighted by Crippen LogP contribution is 2.23. The number of unbranched alkanes of at least 4 members (excludes halogenated alkanes) is 2. The average Bonchev–Trinajstić information content (AvgIpc) is 4.13. The number of carbonyl (C=O) groups excluding carboxylic acids is 6. The van der Waals surface area contributed by atoms with E-state index in [0.29, 0.717) is 55.5 Å². The first-order valence-corrected chi connectivity index (χ1v) is 25.5. The summed E-state index contributed by atoms with van der Waals surface area (Å²) in [5.74, 6) is -7.95. The number of H-pyrrole nitrogens is 3. The molecule has 0 aliphatic heterocycles. The Morgan fingerprint density at radius 2 is 0.829 bits per heavy atom. The molecule has 0 fully saturated rings. The van der Waals surface area contributed by atoms with Crippen LogP contribution in [-0.4, -0.2) is 128 Å². The lowest BCUT2D eigenvalue weighted by Crippen LogP contribution is -2.61. The van der Waals surface area contributed by atoms with Crippen LogP contribution in [-0.2, 0) is 57.6 Å². The van der Waals surface area contributed by atoms with Crippen molar-refractivity contribution in [3.8, 4) is 0 Å². The maximum Gasteiger partial charge on any atom is 0.326 e. The number of nitrogens with two attached hydrogens (primary N) is 3. The van der Waals surface area contributed by atoms with Crippen LogP contribution in [0.15, 0.2) is 91.4 Å². The Bertz CT molecular complexity index is 2980. The van der Waals surface area contributed by atoms with E-state index in [0.717, 1.165) is 32.7 Å². The lowest BCUT2D eigenvalue weighted by atomic mass is 9.98. The number of carboxylic acid groups (broad SMARTS) is 2. The molecule has 0 radical (unpaired) electrons. The number of hydrogen-bond acceptors (Lipinski definition) is 11. The number of benzene rings is 3. The van der Waals surface area contributed by atoms with Crippen LogP contribution in [0.25, 0.3) is 32.7 Å². The van der Waals surface area contributed by atoms with Gasteiger partial charge in [-0.15, -0.1) is 0 Å². The fraction of sp³-hybridized carbons (Fsp3) is 0.407. The third-order valence-electron chi connectivity index (χ3n) is 13.3. The maximum absolute atomic E-state index is 14.9. The van der Waals surface area contributed by atoms with E-state index in [1.807, 2.05) is 72.8 Å². The number of hydrogen-bond donors (Lipinski definition) is 14. The zero-order chi connectivity index (χ0) is 54.9.